The molecular formula is C17H26O3. The molecule has 3 nitrogen and oxygen atoms in total. The number of hydrogen-bond acceptors (Lipinski definition) is 3. The van der Waals surface area contributed by atoms with Crippen LogP contribution in [0.15, 0.2) is 23.3 Å². The number of terminal acetylenes is 1. The van der Waals surface area contributed by atoms with E-state index in [1.54, 1.807) is 6.92 Å². The van der Waals surface area contributed by atoms with E-state index in [4.69, 9.17) is 11.2 Å². The van der Waals surface area contributed by atoms with Crippen molar-refractivity contribution in [1.29, 1.82) is 0 Å². The molecular weight excluding hydrogens is 252 g/mol. The molecule has 1 atom stereocenters. The number of hydrogen-bond donors (Lipinski definition) is 1. The van der Waals surface area contributed by atoms with Crippen LogP contribution in [0.3, 0.4) is 0 Å². The van der Waals surface area contributed by atoms with Gasteiger partial charge in [-0.25, -0.2) is 0 Å². The van der Waals surface area contributed by atoms with Crippen LogP contribution in [-0.2, 0) is 9.53 Å². The Morgan fingerprint density at radius 1 is 1.25 bits per heavy atom. The molecule has 0 aromatic carbocycles. The molecule has 0 radical (unpaired) electrons. The van der Waals surface area contributed by atoms with Gasteiger partial charge in [-0.1, -0.05) is 23.6 Å². The standard InChI is InChI=1S/C17H26O3/c1-6-17(5,19)12-8-11-14(2)9-7-10-15(3)13-20-16(4)18/h1,10-11,19H,7-9,12-13H2,2-5H3. The summed E-state index contributed by atoms with van der Waals surface area (Å²) in [5.74, 6) is 2.12. The Labute approximate surface area is 122 Å². The van der Waals surface area contributed by atoms with E-state index in [-0.39, 0.29) is 5.97 Å². The number of carbonyl (C=O) groups is 1. The van der Waals surface area contributed by atoms with Gasteiger partial charge in [-0.2, -0.15) is 0 Å². The normalized spacial score (nSPS) is 15.4. The van der Waals surface area contributed by atoms with Crippen LogP contribution in [0.2, 0.25) is 0 Å². The molecule has 1 unspecified atom stereocenters. The van der Waals surface area contributed by atoms with Crippen molar-refractivity contribution < 1.29 is 14.6 Å². The third-order valence-electron chi connectivity index (χ3n) is 2.97. The number of carbonyl (C=O) groups excluding carboxylic acids is 1. The fourth-order valence-electron chi connectivity index (χ4n) is 1.59. The molecule has 0 heterocycles. The Bertz CT molecular complexity index is 408. The number of allylic oxidation sites excluding steroid dienone is 3. The van der Waals surface area contributed by atoms with Crippen LogP contribution in [0.4, 0.5) is 0 Å². The van der Waals surface area contributed by atoms with Gasteiger partial charge in [0.15, 0.2) is 0 Å². The van der Waals surface area contributed by atoms with E-state index in [0.717, 1.165) is 24.8 Å². The van der Waals surface area contributed by atoms with Crippen LogP contribution in [0, 0.1) is 12.3 Å². The first-order chi connectivity index (χ1) is 9.26. The summed E-state index contributed by atoms with van der Waals surface area (Å²) in [6.45, 7) is 7.44. The van der Waals surface area contributed by atoms with Crippen molar-refractivity contribution in [2.45, 2.75) is 59.0 Å². The molecule has 0 saturated heterocycles. The van der Waals surface area contributed by atoms with Gasteiger partial charge in [-0.3, -0.25) is 4.79 Å². The minimum Gasteiger partial charge on any atom is -0.461 e. The van der Waals surface area contributed by atoms with Crippen molar-refractivity contribution >= 4 is 5.97 Å². The summed E-state index contributed by atoms with van der Waals surface area (Å²) in [6, 6.07) is 0. The molecule has 0 aliphatic carbocycles. The molecule has 0 saturated carbocycles. The van der Waals surface area contributed by atoms with Crippen LogP contribution in [0.5, 0.6) is 0 Å². The Kier molecular flexibility index (Phi) is 8.67. The van der Waals surface area contributed by atoms with E-state index >= 15 is 0 Å². The van der Waals surface area contributed by atoms with E-state index in [1.807, 2.05) is 6.92 Å². The first-order valence-corrected chi connectivity index (χ1v) is 6.91. The maximum atomic E-state index is 10.7. The summed E-state index contributed by atoms with van der Waals surface area (Å²) < 4.78 is 4.91. The highest BCUT2D eigenvalue weighted by Gasteiger charge is 2.14. The SMILES string of the molecule is C#CC(C)(O)CCC=C(C)CCC=C(C)COC(C)=O. The van der Waals surface area contributed by atoms with Gasteiger partial charge in [-0.05, 0) is 52.0 Å². The topological polar surface area (TPSA) is 46.5 Å². The van der Waals surface area contributed by atoms with Crippen LogP contribution in [0.25, 0.3) is 0 Å². The zero-order chi connectivity index (χ0) is 15.6. The Morgan fingerprint density at radius 3 is 2.40 bits per heavy atom. The van der Waals surface area contributed by atoms with Crippen LogP contribution >= 0.6 is 0 Å². The highest BCUT2D eigenvalue weighted by Crippen LogP contribution is 2.14. The second-order valence-electron chi connectivity index (χ2n) is 5.38. The average molecular weight is 278 g/mol. The number of aliphatic hydroxyl groups is 1. The second-order valence-corrected chi connectivity index (χ2v) is 5.38. The summed E-state index contributed by atoms with van der Waals surface area (Å²) in [5, 5.41) is 9.67. The predicted molar refractivity (Wildman–Crippen MR) is 82.1 cm³/mol. The van der Waals surface area contributed by atoms with Crippen molar-refractivity contribution in [3.63, 3.8) is 0 Å². The summed E-state index contributed by atoms with van der Waals surface area (Å²) in [6.07, 6.45) is 12.6. The molecule has 0 spiro atoms. The fraction of sp³-hybridized carbons (Fsp3) is 0.588. The van der Waals surface area contributed by atoms with E-state index in [1.165, 1.54) is 12.5 Å². The molecule has 3 heteroatoms. The average Bonchev–Trinajstić information content (AvgIpc) is 2.36. The highest BCUT2D eigenvalue weighted by atomic mass is 16.5. The third-order valence-corrected chi connectivity index (χ3v) is 2.97. The highest BCUT2D eigenvalue weighted by molar-refractivity contribution is 5.66. The lowest BCUT2D eigenvalue weighted by molar-refractivity contribution is -0.139. The van der Waals surface area contributed by atoms with Gasteiger partial charge in [0.1, 0.15) is 12.2 Å². The minimum atomic E-state index is -1.02. The summed E-state index contributed by atoms with van der Waals surface area (Å²) >= 11 is 0. The lowest BCUT2D eigenvalue weighted by Gasteiger charge is -2.14. The number of ether oxygens (including phenoxy) is 1. The summed E-state index contributed by atoms with van der Waals surface area (Å²) in [7, 11) is 0. The first-order valence-electron chi connectivity index (χ1n) is 6.91. The first kappa shape index (κ1) is 18.5. The quantitative estimate of drug-likeness (QED) is 0.420. The lowest BCUT2D eigenvalue weighted by Crippen LogP contribution is -2.20. The van der Waals surface area contributed by atoms with Crippen molar-refractivity contribution in [3.8, 4) is 12.3 Å². The van der Waals surface area contributed by atoms with Crippen molar-refractivity contribution in [1.82, 2.24) is 0 Å². The van der Waals surface area contributed by atoms with Gasteiger partial charge < -0.3 is 9.84 Å². The molecule has 0 fully saturated rings. The molecule has 20 heavy (non-hydrogen) atoms. The van der Waals surface area contributed by atoms with Gasteiger partial charge >= 0.3 is 5.97 Å². The smallest absolute Gasteiger partial charge is 0.302 e. The van der Waals surface area contributed by atoms with Crippen molar-refractivity contribution in [3.05, 3.63) is 23.3 Å². The fourth-order valence-corrected chi connectivity index (χ4v) is 1.59. The van der Waals surface area contributed by atoms with Gasteiger partial charge in [0.2, 0.25) is 0 Å². The summed E-state index contributed by atoms with van der Waals surface area (Å²) in [5.41, 5.74) is 1.31. The maximum Gasteiger partial charge on any atom is 0.302 e. The second kappa shape index (κ2) is 9.39. The predicted octanol–water partition coefficient (Wildman–Crippen LogP) is 3.39. The van der Waals surface area contributed by atoms with Crippen LogP contribution in [-0.4, -0.2) is 23.3 Å². The van der Waals surface area contributed by atoms with Crippen molar-refractivity contribution in [2.24, 2.45) is 0 Å². The monoisotopic (exact) mass is 278 g/mol. The van der Waals surface area contributed by atoms with Gasteiger partial charge in [0.25, 0.3) is 0 Å². The van der Waals surface area contributed by atoms with E-state index < -0.39 is 5.60 Å². The zero-order valence-electron chi connectivity index (χ0n) is 13.0. The van der Waals surface area contributed by atoms with Gasteiger partial charge in [-0.15, -0.1) is 6.42 Å². The third kappa shape index (κ3) is 10.4. The minimum absolute atomic E-state index is 0.255. The van der Waals surface area contributed by atoms with Gasteiger partial charge in [0.05, 0.1) is 0 Å². The van der Waals surface area contributed by atoms with Crippen molar-refractivity contribution in [2.75, 3.05) is 6.61 Å². The Balaban J connectivity index is 3.98. The summed E-state index contributed by atoms with van der Waals surface area (Å²) in [4.78, 5) is 10.7. The molecule has 1 N–H and O–H groups in total. The van der Waals surface area contributed by atoms with E-state index in [2.05, 4.69) is 25.0 Å². The van der Waals surface area contributed by atoms with Crippen LogP contribution in [0.1, 0.15) is 53.4 Å². The molecule has 0 amide bonds. The van der Waals surface area contributed by atoms with Gasteiger partial charge in [0, 0.05) is 6.92 Å². The molecule has 0 aromatic rings. The van der Waals surface area contributed by atoms with Crippen LogP contribution < -0.4 is 0 Å². The Morgan fingerprint density at radius 2 is 1.85 bits per heavy atom. The molecule has 0 bridgehead atoms. The molecule has 0 aliphatic rings. The van der Waals surface area contributed by atoms with E-state index in [9.17, 15) is 9.90 Å². The Hall–Kier alpha value is -1.53. The van der Waals surface area contributed by atoms with E-state index in [0.29, 0.717) is 13.0 Å². The molecule has 0 aromatic heterocycles. The molecule has 0 aliphatic heterocycles. The molecule has 0 rings (SSSR count). The largest absolute Gasteiger partial charge is 0.461 e. The number of esters is 1. The lowest BCUT2D eigenvalue weighted by atomic mass is 10.00. The number of rotatable bonds is 8. The maximum absolute atomic E-state index is 10.7. The molecule has 112 valence electrons. The zero-order valence-corrected chi connectivity index (χ0v) is 13.0.